The molecular weight excluding hydrogens is 679 g/mol. The predicted octanol–water partition coefficient (Wildman–Crippen LogP) is 1.74. The lowest BCUT2D eigenvalue weighted by Gasteiger charge is -2.55. The molecule has 242 valence electrons. The molecule has 8 heteroatoms. The van der Waals surface area contributed by atoms with Gasteiger partial charge in [-0.2, -0.15) is 0 Å². The van der Waals surface area contributed by atoms with Crippen LogP contribution in [-0.4, -0.2) is 85.6 Å². The molecule has 2 saturated heterocycles. The molecule has 0 radical (unpaired) electrons. The number of hydrogen-bond donors (Lipinski definition) is 2. The van der Waals surface area contributed by atoms with Gasteiger partial charge in [0.2, 0.25) is 5.91 Å². The van der Waals surface area contributed by atoms with Crippen molar-refractivity contribution >= 4 is 5.91 Å². The van der Waals surface area contributed by atoms with Gasteiger partial charge < -0.3 is 53.0 Å². The number of carbonyl (C=O) groups excluding carboxylic acids is 1. The molecule has 0 bridgehead atoms. The summed E-state index contributed by atoms with van der Waals surface area (Å²) in [6.45, 7) is 4.23. The SMILES string of the molecule is COc1ccc(OC)c([C@@]2(O)[C@H](O)CC(c3ccccc3)(c3ccccc3)[C@@H]3CN(C(=O)CCC[N+]4(C)CCCC4)C[C@@H]32)c1.[I-]. The van der Waals surface area contributed by atoms with Gasteiger partial charge in [0.25, 0.3) is 0 Å². The molecule has 3 aliphatic rings. The summed E-state index contributed by atoms with van der Waals surface area (Å²) < 4.78 is 12.4. The molecule has 3 fully saturated rings. The number of benzene rings is 3. The van der Waals surface area contributed by atoms with Crippen LogP contribution in [0.2, 0.25) is 0 Å². The normalized spacial score (nSPS) is 26.5. The van der Waals surface area contributed by atoms with Crippen LogP contribution in [0, 0.1) is 11.8 Å². The number of quaternary nitrogens is 1. The van der Waals surface area contributed by atoms with Crippen LogP contribution in [0.4, 0.5) is 0 Å². The Bertz CT molecular complexity index is 1410. The van der Waals surface area contributed by atoms with Gasteiger partial charge in [-0.15, -0.1) is 0 Å². The fourth-order valence-corrected chi connectivity index (χ4v) is 8.71. The number of halogens is 1. The quantitative estimate of drug-likeness (QED) is 0.260. The molecule has 0 spiro atoms. The highest BCUT2D eigenvalue weighted by atomic mass is 127. The van der Waals surface area contributed by atoms with Crippen LogP contribution < -0.4 is 33.5 Å². The van der Waals surface area contributed by atoms with Crippen LogP contribution in [0.25, 0.3) is 0 Å². The number of methoxy groups -OCH3 is 2. The maximum absolute atomic E-state index is 13.9. The van der Waals surface area contributed by atoms with Crippen molar-refractivity contribution in [3.63, 3.8) is 0 Å². The Morgan fingerprint density at radius 2 is 1.51 bits per heavy atom. The molecule has 2 heterocycles. The van der Waals surface area contributed by atoms with E-state index in [0.717, 1.165) is 28.6 Å². The van der Waals surface area contributed by atoms with Crippen molar-refractivity contribution < 1.29 is 52.9 Å². The Kier molecular flexibility index (Phi) is 10.2. The zero-order valence-electron chi connectivity index (χ0n) is 26.7. The maximum atomic E-state index is 13.9. The van der Waals surface area contributed by atoms with Crippen molar-refractivity contribution in [3.05, 3.63) is 95.6 Å². The van der Waals surface area contributed by atoms with Crippen molar-refractivity contribution in [1.82, 2.24) is 4.90 Å². The van der Waals surface area contributed by atoms with Crippen molar-refractivity contribution in [2.24, 2.45) is 11.8 Å². The third-order valence-electron chi connectivity index (χ3n) is 11.0. The first-order valence-electron chi connectivity index (χ1n) is 16.1. The maximum Gasteiger partial charge on any atom is 0.222 e. The minimum Gasteiger partial charge on any atom is -1.00 e. The van der Waals surface area contributed by atoms with Crippen molar-refractivity contribution in [2.75, 3.05) is 54.0 Å². The highest BCUT2D eigenvalue weighted by Crippen LogP contribution is 2.60. The summed E-state index contributed by atoms with van der Waals surface area (Å²) in [7, 11) is 5.47. The molecule has 1 aliphatic carbocycles. The Balaban J connectivity index is 0.00000400. The number of hydrogen-bond acceptors (Lipinski definition) is 5. The van der Waals surface area contributed by atoms with Gasteiger partial charge in [-0.1, -0.05) is 60.7 Å². The molecule has 45 heavy (non-hydrogen) atoms. The zero-order chi connectivity index (χ0) is 31.0. The molecule has 0 unspecified atom stereocenters. The second-order valence-electron chi connectivity index (χ2n) is 13.4. The summed E-state index contributed by atoms with van der Waals surface area (Å²) in [6, 6.07) is 26.0. The summed E-state index contributed by atoms with van der Waals surface area (Å²) in [4.78, 5) is 15.9. The van der Waals surface area contributed by atoms with Crippen LogP contribution in [0.1, 0.15) is 48.8 Å². The largest absolute Gasteiger partial charge is 1.00 e. The van der Waals surface area contributed by atoms with Gasteiger partial charge in [0.1, 0.15) is 17.1 Å². The number of fused-ring (bicyclic) bond motifs is 1. The van der Waals surface area contributed by atoms with Crippen molar-refractivity contribution in [1.29, 1.82) is 0 Å². The third-order valence-corrected chi connectivity index (χ3v) is 11.0. The first kappa shape index (κ1) is 33.7. The molecule has 6 rings (SSSR count). The van der Waals surface area contributed by atoms with Crippen molar-refractivity contribution in [3.8, 4) is 11.5 Å². The van der Waals surface area contributed by atoms with E-state index in [1.54, 1.807) is 32.4 Å². The van der Waals surface area contributed by atoms with Gasteiger partial charge in [-0.25, -0.2) is 0 Å². The van der Waals surface area contributed by atoms with Crippen LogP contribution in [0.15, 0.2) is 78.9 Å². The number of aliphatic hydroxyl groups excluding tert-OH is 1. The summed E-state index contributed by atoms with van der Waals surface area (Å²) in [5, 5.41) is 25.1. The minimum atomic E-state index is -1.67. The fourth-order valence-electron chi connectivity index (χ4n) is 8.71. The Morgan fingerprint density at radius 1 is 0.911 bits per heavy atom. The monoisotopic (exact) mass is 726 g/mol. The smallest absolute Gasteiger partial charge is 0.222 e. The highest BCUT2D eigenvalue weighted by Gasteiger charge is 2.65. The highest BCUT2D eigenvalue weighted by molar-refractivity contribution is 5.76. The van der Waals surface area contributed by atoms with Gasteiger partial charge >= 0.3 is 0 Å². The van der Waals surface area contributed by atoms with E-state index < -0.39 is 23.0 Å². The van der Waals surface area contributed by atoms with Gasteiger partial charge in [0, 0.05) is 55.7 Å². The van der Waals surface area contributed by atoms with E-state index in [9.17, 15) is 15.0 Å². The third kappa shape index (κ3) is 5.99. The molecule has 1 saturated carbocycles. The molecule has 2 N–H and O–H groups in total. The van der Waals surface area contributed by atoms with Gasteiger partial charge in [0.15, 0.2) is 0 Å². The molecule has 7 nitrogen and oxygen atoms in total. The van der Waals surface area contributed by atoms with E-state index in [-0.39, 0.29) is 42.2 Å². The van der Waals surface area contributed by atoms with E-state index in [1.807, 2.05) is 41.3 Å². The molecule has 4 atom stereocenters. The summed E-state index contributed by atoms with van der Waals surface area (Å²) in [5.74, 6) is 0.564. The van der Waals surface area contributed by atoms with Crippen molar-refractivity contribution in [2.45, 2.75) is 49.2 Å². The van der Waals surface area contributed by atoms with E-state index >= 15 is 0 Å². The van der Waals surface area contributed by atoms with Gasteiger partial charge in [-0.05, 0) is 41.7 Å². The Morgan fingerprint density at radius 3 is 2.09 bits per heavy atom. The average molecular weight is 727 g/mol. The summed E-state index contributed by atoms with van der Waals surface area (Å²) in [5.41, 5.74) is 0.383. The number of aliphatic hydroxyl groups is 2. The summed E-state index contributed by atoms with van der Waals surface area (Å²) >= 11 is 0. The fraction of sp³-hybridized carbons (Fsp3) is 0.486. The number of nitrogens with zero attached hydrogens (tertiary/aromatic N) is 2. The lowest BCUT2D eigenvalue weighted by Crippen LogP contribution is -3.00. The molecule has 2 aliphatic heterocycles. The van der Waals surface area contributed by atoms with Crippen LogP contribution in [0.5, 0.6) is 11.5 Å². The predicted molar refractivity (Wildman–Crippen MR) is 171 cm³/mol. The van der Waals surface area contributed by atoms with Gasteiger partial charge in [0.05, 0.1) is 47.0 Å². The topological polar surface area (TPSA) is 79.2 Å². The van der Waals surface area contributed by atoms with E-state index in [4.69, 9.17) is 9.47 Å². The minimum absolute atomic E-state index is 0. The molecule has 0 aromatic heterocycles. The molecule has 1 amide bonds. The second-order valence-corrected chi connectivity index (χ2v) is 13.4. The molecule has 3 aromatic carbocycles. The standard InChI is InChI=1S/C37H47N2O5.HI/c1-39(20-10-11-21-39)22-12-17-35(41)38-25-31-32(26-38)37(42,30-23-29(43-2)18-19-33(30)44-3)34(40)24-36(31,27-13-6-4-7-14-27)28-15-8-5-9-16-28;/h4-9,13-16,18-19,23,31-32,34,40,42H,10-12,17,20-22,24-26H2,1-3H3;1H/q+1;/p-1/t31-,32+,34-,37+;/m1./s1. The Labute approximate surface area is 284 Å². The average Bonchev–Trinajstić information content (AvgIpc) is 3.71. The van der Waals surface area contributed by atoms with Crippen LogP contribution >= 0.6 is 0 Å². The van der Waals surface area contributed by atoms with E-state index in [1.165, 1.54) is 25.9 Å². The number of rotatable bonds is 9. The lowest BCUT2D eigenvalue weighted by molar-refractivity contribution is -0.897. The van der Waals surface area contributed by atoms with E-state index in [2.05, 4.69) is 31.3 Å². The number of ether oxygens (including phenoxy) is 2. The number of amides is 1. The first-order chi connectivity index (χ1) is 21.2. The Hall–Kier alpha value is -2.66. The number of likely N-dealkylation sites (tertiary alicyclic amines) is 2. The first-order valence-corrected chi connectivity index (χ1v) is 16.1. The molecular formula is C37H47IN2O5. The number of carbonyl (C=O) groups is 1. The van der Waals surface area contributed by atoms with Crippen LogP contribution in [-0.2, 0) is 15.8 Å². The van der Waals surface area contributed by atoms with Crippen LogP contribution in [0.3, 0.4) is 0 Å². The molecule has 3 aromatic rings. The van der Waals surface area contributed by atoms with E-state index in [0.29, 0.717) is 36.6 Å². The summed E-state index contributed by atoms with van der Waals surface area (Å²) in [6.07, 6.45) is 3.00. The second kappa shape index (κ2) is 13.6. The lowest BCUT2D eigenvalue weighted by atomic mass is 9.51. The zero-order valence-corrected chi connectivity index (χ0v) is 28.9. The van der Waals surface area contributed by atoms with Gasteiger partial charge in [-0.3, -0.25) is 4.79 Å².